The third-order valence-corrected chi connectivity index (χ3v) is 4.94. The summed E-state index contributed by atoms with van der Waals surface area (Å²) < 4.78 is 5.52. The molecule has 1 atom stereocenters. The fourth-order valence-corrected chi connectivity index (χ4v) is 3.44. The number of piperidine rings is 1. The van der Waals surface area contributed by atoms with Crippen molar-refractivity contribution >= 4 is 12.4 Å². The molecule has 0 aliphatic carbocycles. The second-order valence-corrected chi connectivity index (χ2v) is 6.74. The van der Waals surface area contributed by atoms with Gasteiger partial charge in [-0.2, -0.15) is 0 Å². The smallest absolute Gasteiger partial charge is 0.119 e. The molecule has 0 spiro atoms. The quantitative estimate of drug-likeness (QED) is 0.693. The molecule has 1 saturated heterocycles. The summed E-state index contributed by atoms with van der Waals surface area (Å²) >= 11 is 0. The second-order valence-electron chi connectivity index (χ2n) is 6.74. The SMILES string of the molecule is CCCCC(O)(CCN1CCCCC1)c1ccc(OCC)cc1.Cl. The van der Waals surface area contributed by atoms with E-state index in [1.165, 1.54) is 32.4 Å². The monoisotopic (exact) mass is 355 g/mol. The lowest BCUT2D eigenvalue weighted by Gasteiger charge is -2.33. The number of rotatable bonds is 9. The van der Waals surface area contributed by atoms with Crippen LogP contribution in [0.15, 0.2) is 24.3 Å². The minimum atomic E-state index is -0.710. The van der Waals surface area contributed by atoms with Crippen molar-refractivity contribution in [3.63, 3.8) is 0 Å². The molecule has 1 unspecified atom stereocenters. The maximum Gasteiger partial charge on any atom is 0.119 e. The zero-order valence-electron chi connectivity index (χ0n) is 15.3. The maximum absolute atomic E-state index is 11.3. The lowest BCUT2D eigenvalue weighted by Crippen LogP contribution is -2.36. The zero-order chi connectivity index (χ0) is 16.5. The average Bonchev–Trinajstić information content (AvgIpc) is 2.60. The van der Waals surface area contributed by atoms with E-state index in [0.29, 0.717) is 6.61 Å². The predicted octanol–water partition coefficient (Wildman–Crippen LogP) is 4.76. The number of nitrogens with zero attached hydrogens (tertiary/aromatic N) is 1. The number of likely N-dealkylation sites (tertiary alicyclic amines) is 1. The Balaban J connectivity index is 0.00000288. The number of unbranched alkanes of at least 4 members (excludes halogenated alkanes) is 1. The van der Waals surface area contributed by atoms with Crippen molar-refractivity contribution in [3.8, 4) is 5.75 Å². The van der Waals surface area contributed by atoms with Crippen LogP contribution in [0.2, 0.25) is 0 Å². The third-order valence-electron chi connectivity index (χ3n) is 4.94. The molecule has 0 radical (unpaired) electrons. The average molecular weight is 356 g/mol. The molecule has 0 amide bonds. The van der Waals surface area contributed by atoms with E-state index in [9.17, 15) is 5.11 Å². The van der Waals surface area contributed by atoms with Crippen LogP contribution < -0.4 is 4.74 Å². The van der Waals surface area contributed by atoms with Gasteiger partial charge in [0, 0.05) is 6.54 Å². The lowest BCUT2D eigenvalue weighted by atomic mass is 9.85. The van der Waals surface area contributed by atoms with E-state index in [2.05, 4.69) is 11.8 Å². The molecular weight excluding hydrogens is 322 g/mol. The Morgan fingerprint density at radius 2 is 1.71 bits per heavy atom. The van der Waals surface area contributed by atoms with Crippen molar-refractivity contribution in [2.24, 2.45) is 0 Å². The largest absolute Gasteiger partial charge is 0.494 e. The molecule has 138 valence electrons. The molecule has 1 aromatic carbocycles. The number of halogens is 1. The minimum Gasteiger partial charge on any atom is -0.494 e. The maximum atomic E-state index is 11.3. The molecule has 1 aliphatic heterocycles. The summed E-state index contributed by atoms with van der Waals surface area (Å²) in [7, 11) is 0. The van der Waals surface area contributed by atoms with Crippen molar-refractivity contribution in [2.75, 3.05) is 26.2 Å². The van der Waals surface area contributed by atoms with Crippen LogP contribution >= 0.6 is 12.4 Å². The molecule has 1 fully saturated rings. The van der Waals surface area contributed by atoms with Gasteiger partial charge >= 0.3 is 0 Å². The first-order valence-electron chi connectivity index (χ1n) is 9.36. The molecule has 0 bridgehead atoms. The minimum absolute atomic E-state index is 0. The van der Waals surface area contributed by atoms with Crippen LogP contribution in [0, 0.1) is 0 Å². The summed E-state index contributed by atoms with van der Waals surface area (Å²) in [5.74, 6) is 0.880. The van der Waals surface area contributed by atoms with Crippen molar-refractivity contribution in [2.45, 2.75) is 64.4 Å². The summed E-state index contributed by atoms with van der Waals surface area (Å²) in [6.07, 6.45) is 7.79. The Labute approximate surface area is 153 Å². The second kappa shape index (κ2) is 11.0. The van der Waals surface area contributed by atoms with Gasteiger partial charge in [-0.25, -0.2) is 0 Å². The van der Waals surface area contributed by atoms with Crippen LogP contribution in [0.4, 0.5) is 0 Å². The first-order valence-corrected chi connectivity index (χ1v) is 9.36. The Bertz CT molecular complexity index is 445. The molecule has 24 heavy (non-hydrogen) atoms. The highest BCUT2D eigenvalue weighted by atomic mass is 35.5. The molecule has 2 rings (SSSR count). The van der Waals surface area contributed by atoms with Gasteiger partial charge in [0.1, 0.15) is 5.75 Å². The molecule has 1 aliphatic rings. The van der Waals surface area contributed by atoms with Crippen LogP contribution in [-0.2, 0) is 5.60 Å². The van der Waals surface area contributed by atoms with E-state index in [1.807, 2.05) is 31.2 Å². The molecule has 1 aromatic rings. The van der Waals surface area contributed by atoms with Crippen molar-refractivity contribution in [1.82, 2.24) is 4.90 Å². The van der Waals surface area contributed by atoms with Gasteiger partial charge in [0.15, 0.2) is 0 Å². The lowest BCUT2D eigenvalue weighted by molar-refractivity contribution is 0.00514. The summed E-state index contributed by atoms with van der Waals surface area (Å²) in [4.78, 5) is 2.51. The molecule has 3 nitrogen and oxygen atoms in total. The molecule has 1 N–H and O–H groups in total. The Hall–Kier alpha value is -0.770. The molecule has 0 saturated carbocycles. The number of hydrogen-bond acceptors (Lipinski definition) is 3. The van der Waals surface area contributed by atoms with Gasteiger partial charge in [0.25, 0.3) is 0 Å². The number of aliphatic hydroxyl groups is 1. The topological polar surface area (TPSA) is 32.7 Å². The Morgan fingerprint density at radius 3 is 2.29 bits per heavy atom. The van der Waals surface area contributed by atoms with Gasteiger partial charge < -0.3 is 14.7 Å². The van der Waals surface area contributed by atoms with Crippen LogP contribution in [0.3, 0.4) is 0 Å². The predicted molar refractivity (Wildman–Crippen MR) is 103 cm³/mol. The third kappa shape index (κ3) is 6.27. The van der Waals surface area contributed by atoms with E-state index in [-0.39, 0.29) is 12.4 Å². The van der Waals surface area contributed by atoms with E-state index >= 15 is 0 Å². The first kappa shape index (κ1) is 21.3. The van der Waals surface area contributed by atoms with E-state index in [4.69, 9.17) is 4.74 Å². The van der Waals surface area contributed by atoms with Crippen LogP contribution in [0.1, 0.15) is 64.4 Å². The highest BCUT2D eigenvalue weighted by Crippen LogP contribution is 2.32. The zero-order valence-corrected chi connectivity index (χ0v) is 16.1. The van der Waals surface area contributed by atoms with Crippen LogP contribution in [0.25, 0.3) is 0 Å². The first-order chi connectivity index (χ1) is 11.2. The number of hydrogen-bond donors (Lipinski definition) is 1. The Morgan fingerprint density at radius 1 is 1.04 bits per heavy atom. The highest BCUT2D eigenvalue weighted by molar-refractivity contribution is 5.85. The standard InChI is InChI=1S/C20H33NO2.ClH/c1-3-5-13-20(22,14-17-21-15-7-6-8-16-21)18-9-11-19(12-10-18)23-4-2;/h9-12,22H,3-8,13-17H2,1-2H3;1H. The van der Waals surface area contributed by atoms with Gasteiger partial charge in [-0.05, 0) is 63.4 Å². The van der Waals surface area contributed by atoms with Crippen molar-refractivity contribution in [1.29, 1.82) is 0 Å². The van der Waals surface area contributed by atoms with Crippen molar-refractivity contribution in [3.05, 3.63) is 29.8 Å². The van der Waals surface area contributed by atoms with Gasteiger partial charge in [-0.1, -0.05) is 38.3 Å². The van der Waals surface area contributed by atoms with Gasteiger partial charge in [0.2, 0.25) is 0 Å². The fraction of sp³-hybridized carbons (Fsp3) is 0.700. The molecule has 1 heterocycles. The summed E-state index contributed by atoms with van der Waals surface area (Å²) in [6, 6.07) is 8.04. The summed E-state index contributed by atoms with van der Waals surface area (Å²) in [5.41, 5.74) is 0.324. The van der Waals surface area contributed by atoms with E-state index < -0.39 is 5.60 Å². The molecule has 4 heteroatoms. The summed E-state index contributed by atoms with van der Waals surface area (Å²) in [5, 5.41) is 11.3. The highest BCUT2D eigenvalue weighted by Gasteiger charge is 2.29. The van der Waals surface area contributed by atoms with Gasteiger partial charge in [0.05, 0.1) is 12.2 Å². The van der Waals surface area contributed by atoms with E-state index in [1.54, 1.807) is 0 Å². The van der Waals surface area contributed by atoms with E-state index in [0.717, 1.165) is 43.5 Å². The molecular formula is C20H34ClNO2. The van der Waals surface area contributed by atoms with Crippen LogP contribution in [0.5, 0.6) is 5.75 Å². The normalized spacial score (nSPS) is 17.8. The van der Waals surface area contributed by atoms with Crippen molar-refractivity contribution < 1.29 is 9.84 Å². The fourth-order valence-electron chi connectivity index (χ4n) is 3.44. The molecule has 0 aromatic heterocycles. The summed E-state index contributed by atoms with van der Waals surface area (Å²) in [6.45, 7) is 8.22. The van der Waals surface area contributed by atoms with Gasteiger partial charge in [-0.3, -0.25) is 0 Å². The number of benzene rings is 1. The van der Waals surface area contributed by atoms with Gasteiger partial charge in [-0.15, -0.1) is 12.4 Å². The Kier molecular flexibility index (Phi) is 9.72. The number of ether oxygens (including phenoxy) is 1. The van der Waals surface area contributed by atoms with Crippen LogP contribution in [-0.4, -0.2) is 36.2 Å².